The van der Waals surface area contributed by atoms with Crippen LogP contribution in [0, 0.1) is 32.1 Å². The molecule has 0 aromatic heterocycles. The van der Waals surface area contributed by atoms with E-state index < -0.39 is 17.9 Å². The molecule has 63 heavy (non-hydrogen) atoms. The van der Waals surface area contributed by atoms with Gasteiger partial charge < -0.3 is 37.5 Å². The Morgan fingerprint density at radius 3 is 1.60 bits per heavy atom. The molecule has 0 amide bonds. The molecule has 2 aromatic rings. The Balaban J connectivity index is 0.000000467. The first-order chi connectivity index (χ1) is 29.5. The normalized spacial score (nSPS) is 18.4. The molecule has 0 bridgehead atoms. The third kappa shape index (κ3) is 22.6. The molecule has 4 aliphatic rings. The number of likely N-dealkylation sites (N-methyl/N-ethyl adjacent to an activating group) is 1. The first-order valence-electron chi connectivity index (χ1n) is 21.5. The minimum atomic E-state index is -0.639. The maximum Gasteiger partial charge on any atom is 1.00 e. The van der Waals surface area contributed by atoms with E-state index in [1.54, 1.807) is 24.3 Å². The number of nitrogens with one attached hydrogen (secondary N) is 1. The molecule has 2 heterocycles. The van der Waals surface area contributed by atoms with Crippen molar-refractivity contribution in [3.05, 3.63) is 78.9 Å². The summed E-state index contributed by atoms with van der Waals surface area (Å²) < 4.78 is 3.61. The van der Waals surface area contributed by atoms with Crippen molar-refractivity contribution >= 4 is 43.6 Å². The third-order valence-electron chi connectivity index (χ3n) is 11.5. The number of benzene rings is 2. The van der Waals surface area contributed by atoms with E-state index in [1.807, 2.05) is 12.1 Å². The standard InChI is InChI=1S/C19H29N3O2.C17H25N3O2.C4H6O4.C2H3BO2.C2H4O.Na/c1-3-21(14-15-8-10-20(2)11-9-15)18-6-4-16-5-7-19(22(23)24)13-17(16)12-18;1-19-8-6-13(7-9-19)12-18-16-4-2-14-3-5-17(20(21)22)11-15(14)10-16;1-3(5)7-8-4(2)6;1-2(4)5-3;1-2-3;/h5,7,13,15,18H,3-4,6,8-12,14H2,1-2H3;3,5,11,13,16,18H,2,4,6-10,12H2,1H3;1-2H3;1H3;2H,1H3;/q;;;-1;;+1. The van der Waals surface area contributed by atoms with Crippen molar-refractivity contribution in [1.82, 2.24) is 20.0 Å². The van der Waals surface area contributed by atoms with Gasteiger partial charge in [0.25, 0.3) is 11.4 Å². The Kier molecular flexibility index (Phi) is 28.3. The predicted molar refractivity (Wildman–Crippen MR) is 236 cm³/mol. The van der Waals surface area contributed by atoms with Gasteiger partial charge in [-0.3, -0.25) is 25.0 Å². The van der Waals surface area contributed by atoms with E-state index >= 15 is 0 Å². The van der Waals surface area contributed by atoms with E-state index in [0.29, 0.717) is 12.1 Å². The summed E-state index contributed by atoms with van der Waals surface area (Å²) in [6.07, 6.45) is 12.1. The molecule has 2 atom stereocenters. The molecular weight excluding hydrogens is 822 g/mol. The summed E-state index contributed by atoms with van der Waals surface area (Å²) >= 11 is 0. The molecule has 2 aliphatic heterocycles. The van der Waals surface area contributed by atoms with Gasteiger partial charge in [-0.05, 0) is 159 Å². The van der Waals surface area contributed by atoms with E-state index in [9.17, 15) is 34.6 Å². The molecule has 2 saturated heterocycles. The van der Waals surface area contributed by atoms with Gasteiger partial charge in [-0.1, -0.05) is 19.1 Å². The van der Waals surface area contributed by atoms with Crippen LogP contribution in [0.15, 0.2) is 36.4 Å². The Morgan fingerprint density at radius 2 is 1.19 bits per heavy atom. The molecule has 17 nitrogen and oxygen atoms in total. The van der Waals surface area contributed by atoms with Gasteiger partial charge in [0.15, 0.2) is 0 Å². The average molecular weight is 890 g/mol. The number of nitro benzene ring substituents is 2. The summed E-state index contributed by atoms with van der Waals surface area (Å²) in [5.74, 6) is -0.166. The number of nitrogens with zero attached hydrogens (tertiary/aromatic N) is 5. The van der Waals surface area contributed by atoms with E-state index in [-0.39, 0.29) is 50.8 Å². The molecule has 1 N–H and O–H groups in total. The van der Waals surface area contributed by atoms with Gasteiger partial charge in [0.1, 0.15) is 6.29 Å². The number of rotatable bonds is 9. The summed E-state index contributed by atoms with van der Waals surface area (Å²) in [5, 5.41) is 25.7. The van der Waals surface area contributed by atoms with Crippen LogP contribution in [0.3, 0.4) is 0 Å². The van der Waals surface area contributed by atoms with Crippen LogP contribution in [0.5, 0.6) is 0 Å². The molecular formula is C44H67BN6NaO11. The number of aryl methyl sites for hydroxylation is 2. The van der Waals surface area contributed by atoms with Gasteiger partial charge in [-0.15, -0.1) is 0 Å². The molecule has 2 fully saturated rings. The van der Waals surface area contributed by atoms with Crippen LogP contribution in [0.4, 0.5) is 11.4 Å². The van der Waals surface area contributed by atoms with Crippen LogP contribution >= 0.6 is 0 Å². The number of piperidine rings is 2. The Hall–Kier alpha value is -3.78. The zero-order chi connectivity index (χ0) is 46.2. The number of carbonyl (C=O) groups excluding carboxylic acids is 4. The second-order valence-corrected chi connectivity index (χ2v) is 16.2. The zero-order valence-corrected chi connectivity index (χ0v) is 40.7. The van der Waals surface area contributed by atoms with E-state index in [2.05, 4.69) is 63.5 Å². The first-order valence-corrected chi connectivity index (χ1v) is 21.5. The number of likely N-dealkylation sites (tertiary alicyclic amines) is 2. The first kappa shape index (κ1) is 57.2. The largest absolute Gasteiger partial charge is 1.00 e. The summed E-state index contributed by atoms with van der Waals surface area (Å²) in [6.45, 7) is 15.4. The SMILES string of the molecule is CC(=O)OOC(C)=O.CC=O.CCN(CC1CCN(C)CC1)C1CCc2ccc([N+](=O)[O-])cc2C1.CN1CCC(CNC2CCc3ccc([N+](=O)[O-])cc3C2)CC1.[B-]OC(C)=O.[Na+]. The van der Waals surface area contributed by atoms with Crippen LogP contribution in [0.25, 0.3) is 0 Å². The number of carbonyl (C=O) groups is 4. The summed E-state index contributed by atoms with van der Waals surface area (Å²) in [4.78, 5) is 74.4. The molecule has 2 unspecified atom stereocenters. The van der Waals surface area contributed by atoms with Gasteiger partial charge >= 0.3 is 41.5 Å². The Labute approximate surface area is 396 Å². The topological polar surface area (TPSA) is 204 Å². The Morgan fingerprint density at radius 1 is 0.762 bits per heavy atom. The fourth-order valence-electron chi connectivity index (χ4n) is 8.01. The molecule has 343 valence electrons. The van der Waals surface area contributed by atoms with Crippen molar-refractivity contribution in [2.75, 3.05) is 59.9 Å². The van der Waals surface area contributed by atoms with Gasteiger partial charge in [-0.2, -0.15) is 0 Å². The molecule has 19 heteroatoms. The van der Waals surface area contributed by atoms with Crippen LogP contribution < -0.4 is 34.9 Å². The number of non-ortho nitro benzene ring substituents is 2. The van der Waals surface area contributed by atoms with Crippen LogP contribution in [-0.4, -0.2) is 129 Å². The number of nitro groups is 2. The van der Waals surface area contributed by atoms with Gasteiger partial charge in [0.2, 0.25) is 5.97 Å². The van der Waals surface area contributed by atoms with Crippen LogP contribution in [0.2, 0.25) is 0 Å². The average Bonchev–Trinajstić information content (AvgIpc) is 3.25. The maximum atomic E-state index is 11.0. The smallest absolute Gasteiger partial charge is 0.793 e. The van der Waals surface area contributed by atoms with Crippen molar-refractivity contribution in [2.24, 2.45) is 11.8 Å². The van der Waals surface area contributed by atoms with Gasteiger partial charge in [-0.25, -0.2) is 19.4 Å². The second kappa shape index (κ2) is 31.2. The van der Waals surface area contributed by atoms with Crippen LogP contribution in [-0.2, 0) is 59.3 Å². The molecule has 3 radical (unpaired) electrons. The molecule has 2 aliphatic carbocycles. The third-order valence-corrected chi connectivity index (χ3v) is 11.5. The minimum absolute atomic E-state index is 0. The quantitative estimate of drug-likeness (QED) is 0.126. The van der Waals surface area contributed by atoms with E-state index in [4.69, 9.17) is 4.79 Å². The summed E-state index contributed by atoms with van der Waals surface area (Å²) in [6, 6.07) is 11.7. The van der Waals surface area contributed by atoms with Crippen LogP contribution in [0.1, 0.15) is 95.4 Å². The van der Waals surface area contributed by atoms with E-state index in [0.717, 1.165) is 82.7 Å². The van der Waals surface area contributed by atoms with Gasteiger partial charge in [0.05, 0.1) is 9.85 Å². The van der Waals surface area contributed by atoms with Crippen molar-refractivity contribution in [3.63, 3.8) is 0 Å². The zero-order valence-electron chi connectivity index (χ0n) is 38.7. The van der Waals surface area contributed by atoms with Gasteiger partial charge in [0, 0.05) is 63.7 Å². The molecule has 0 spiro atoms. The fraction of sp³-hybridized carbons (Fsp3) is 0.636. The minimum Gasteiger partial charge on any atom is -0.793 e. The predicted octanol–water partition coefficient (Wildman–Crippen LogP) is 2.37. The fourth-order valence-corrected chi connectivity index (χ4v) is 8.01. The number of aldehydes is 1. The second-order valence-electron chi connectivity index (χ2n) is 16.2. The van der Waals surface area contributed by atoms with Crippen molar-refractivity contribution in [2.45, 2.75) is 111 Å². The number of fused-ring (bicyclic) bond motifs is 2. The van der Waals surface area contributed by atoms with Crippen molar-refractivity contribution in [1.29, 1.82) is 0 Å². The van der Waals surface area contributed by atoms with E-state index in [1.165, 1.54) is 95.4 Å². The van der Waals surface area contributed by atoms with Crippen molar-refractivity contribution in [3.8, 4) is 0 Å². The number of hydrogen-bond donors (Lipinski definition) is 1. The Bertz CT molecular complexity index is 1730. The molecule has 6 rings (SSSR count). The van der Waals surface area contributed by atoms with Crippen molar-refractivity contribution < 1.29 is 73.0 Å². The molecule has 2 aromatic carbocycles. The summed E-state index contributed by atoms with van der Waals surface area (Å²) in [7, 11) is 8.72. The number of hydrogen-bond acceptors (Lipinski definition) is 15. The maximum absolute atomic E-state index is 11.0. The monoisotopic (exact) mass is 889 g/mol. The molecule has 0 saturated carbocycles. The summed E-state index contributed by atoms with van der Waals surface area (Å²) in [5.41, 5.74) is 5.36.